The van der Waals surface area contributed by atoms with Crippen LogP contribution in [0.4, 0.5) is 5.69 Å². The predicted molar refractivity (Wildman–Crippen MR) is 88.5 cm³/mol. The molecule has 0 fully saturated rings. The third-order valence-corrected chi connectivity index (χ3v) is 3.11. The molecule has 0 aliphatic carbocycles. The number of hydrogen-bond donors (Lipinski definition) is 0. The molecule has 0 N–H and O–H groups in total. The van der Waals surface area contributed by atoms with Crippen LogP contribution in [0.1, 0.15) is 14.4 Å². The Balaban J connectivity index is 0.00000242. The minimum atomic E-state index is -1.21. The molecule has 0 aromatic heterocycles. The van der Waals surface area contributed by atoms with Crippen molar-refractivity contribution in [3.8, 4) is 5.75 Å². The minimum absolute atomic E-state index is 0. The first-order valence-corrected chi connectivity index (χ1v) is 6.49. The van der Waals surface area contributed by atoms with Crippen molar-refractivity contribution in [3.05, 3.63) is 48.7 Å². The van der Waals surface area contributed by atoms with E-state index in [1.807, 2.05) is 0 Å². The molecule has 1 aliphatic rings. The van der Waals surface area contributed by atoms with Crippen molar-refractivity contribution in [3.63, 3.8) is 0 Å². The molecule has 0 saturated heterocycles. The van der Waals surface area contributed by atoms with Gasteiger partial charge in [0, 0.05) is 13.3 Å². The molecule has 1 aliphatic heterocycles. The summed E-state index contributed by atoms with van der Waals surface area (Å²) < 4.78 is 5.56. The molecule has 1 heterocycles. The monoisotopic (exact) mass is 300 g/mol. The second kappa shape index (κ2) is 7.36. The normalized spacial score (nSPS) is 17.5. The molecular weight excluding hydrogens is 280 g/mol. The van der Waals surface area contributed by atoms with Crippen molar-refractivity contribution in [1.82, 2.24) is 0 Å². The number of carbonyl (C=O) groups is 2. The summed E-state index contributed by atoms with van der Waals surface area (Å²) in [5.74, 6) is -0.380. The van der Waals surface area contributed by atoms with E-state index in [9.17, 15) is 9.59 Å². The van der Waals surface area contributed by atoms with Gasteiger partial charge in [-0.25, -0.2) is 0 Å². The van der Waals surface area contributed by atoms with Crippen LogP contribution in [0.25, 0.3) is 0 Å². The second-order valence-electron chi connectivity index (χ2n) is 4.41. The van der Waals surface area contributed by atoms with Gasteiger partial charge in [-0.1, -0.05) is 38.3 Å². The van der Waals surface area contributed by atoms with E-state index in [2.05, 4.69) is 11.6 Å². The Labute approximate surface area is 130 Å². The van der Waals surface area contributed by atoms with E-state index in [0.29, 0.717) is 11.4 Å². The summed E-state index contributed by atoms with van der Waals surface area (Å²) in [5, 5.41) is 0. The van der Waals surface area contributed by atoms with Gasteiger partial charge < -0.3 is 9.64 Å². The van der Waals surface area contributed by atoms with Gasteiger partial charge >= 0.3 is 0 Å². The van der Waals surface area contributed by atoms with Crippen LogP contribution in [0.3, 0.4) is 0 Å². The molecule has 1 atom stereocenters. The molecule has 116 valence electrons. The van der Waals surface area contributed by atoms with Crippen LogP contribution in [0.5, 0.6) is 5.75 Å². The quantitative estimate of drug-likeness (QED) is 0.488. The van der Waals surface area contributed by atoms with Gasteiger partial charge in [-0.3, -0.25) is 14.6 Å². The maximum Gasteiger partial charge on any atom is 0.276 e. The number of allylic oxidation sites excluding steroid dienone is 2. The average molecular weight is 300 g/mol. The average Bonchev–Trinajstić information content (AvgIpc) is 2.51. The number of ketones is 1. The highest BCUT2D eigenvalue weighted by Crippen LogP contribution is 2.33. The number of para-hydroxylation sites is 2. The fraction of sp³-hybridized carbons (Fsp3) is 0.235. The third kappa shape index (κ3) is 3.14. The van der Waals surface area contributed by atoms with Gasteiger partial charge in [-0.2, -0.15) is 0 Å². The standard InChI is InChI=1S/C16H16N2O3.CH4/c1-4-10-17-11(5-2)14(19)15-16(20)18(3)12-8-6-7-9-13(12)21-15;/h4-10,15H,1H2,2-3H3;1H4/b11-5-,17-10?;. The van der Waals surface area contributed by atoms with Crippen molar-refractivity contribution in [2.45, 2.75) is 20.5 Å². The second-order valence-corrected chi connectivity index (χ2v) is 4.41. The SMILES string of the molecule is C.C=CC=N/C(=C\C)C(=O)C1Oc2ccccc2N(C)C1=O. The summed E-state index contributed by atoms with van der Waals surface area (Å²) in [6.45, 7) is 5.18. The van der Waals surface area contributed by atoms with Crippen molar-refractivity contribution in [1.29, 1.82) is 0 Å². The molecule has 5 nitrogen and oxygen atoms in total. The number of carbonyl (C=O) groups excluding carboxylic acids is 2. The molecule has 1 aromatic carbocycles. The summed E-state index contributed by atoms with van der Waals surface area (Å²) >= 11 is 0. The van der Waals surface area contributed by atoms with Gasteiger partial charge in [0.1, 0.15) is 11.4 Å². The van der Waals surface area contributed by atoms with Gasteiger partial charge in [0.15, 0.2) is 0 Å². The zero-order valence-corrected chi connectivity index (χ0v) is 11.9. The fourth-order valence-electron chi connectivity index (χ4n) is 2.02. The molecule has 0 spiro atoms. The van der Waals surface area contributed by atoms with Crippen molar-refractivity contribution >= 4 is 23.6 Å². The summed E-state index contributed by atoms with van der Waals surface area (Å²) in [6.07, 6.45) is 3.19. The number of hydrogen-bond acceptors (Lipinski definition) is 4. The Morgan fingerprint density at radius 2 is 2.09 bits per heavy atom. The highest BCUT2D eigenvalue weighted by Gasteiger charge is 2.38. The van der Waals surface area contributed by atoms with Crippen LogP contribution in [-0.4, -0.2) is 31.1 Å². The first kappa shape index (κ1) is 17.4. The highest BCUT2D eigenvalue weighted by molar-refractivity contribution is 6.18. The van der Waals surface area contributed by atoms with Crippen LogP contribution in [0.15, 0.2) is 53.7 Å². The van der Waals surface area contributed by atoms with E-state index in [4.69, 9.17) is 4.74 Å². The largest absolute Gasteiger partial charge is 0.470 e. The van der Waals surface area contributed by atoms with Crippen molar-refractivity contribution in [2.24, 2.45) is 4.99 Å². The zero-order valence-electron chi connectivity index (χ0n) is 11.9. The van der Waals surface area contributed by atoms with E-state index in [1.54, 1.807) is 44.3 Å². The highest BCUT2D eigenvalue weighted by atomic mass is 16.5. The molecule has 22 heavy (non-hydrogen) atoms. The summed E-state index contributed by atoms with van der Waals surface area (Å²) in [5.41, 5.74) is 0.809. The van der Waals surface area contributed by atoms with Gasteiger partial charge in [0.25, 0.3) is 5.91 Å². The number of amides is 1. The van der Waals surface area contributed by atoms with E-state index in [1.165, 1.54) is 17.2 Å². The minimum Gasteiger partial charge on any atom is -0.470 e. The molecule has 1 aromatic rings. The number of Topliss-reactive ketones (excluding diaryl/α,β-unsaturated/α-hetero) is 1. The summed E-state index contributed by atoms with van der Waals surface area (Å²) in [6, 6.07) is 7.08. The molecule has 0 radical (unpaired) electrons. The lowest BCUT2D eigenvalue weighted by atomic mass is 10.1. The van der Waals surface area contributed by atoms with Crippen molar-refractivity contribution in [2.75, 3.05) is 11.9 Å². The first-order chi connectivity index (χ1) is 10.1. The number of likely N-dealkylation sites (N-methyl/N-ethyl adjacent to an activating group) is 1. The van der Waals surface area contributed by atoms with Gasteiger partial charge in [-0.05, 0) is 19.1 Å². The van der Waals surface area contributed by atoms with Gasteiger partial charge in [0.2, 0.25) is 11.9 Å². The first-order valence-electron chi connectivity index (χ1n) is 6.49. The number of ether oxygens (including phenoxy) is 1. The molecule has 0 saturated carbocycles. The number of nitrogens with zero attached hydrogens (tertiary/aromatic N) is 2. The lowest BCUT2D eigenvalue weighted by molar-refractivity contribution is -0.135. The maximum atomic E-state index is 12.4. The maximum absolute atomic E-state index is 12.4. The van der Waals surface area contributed by atoms with Crippen LogP contribution in [-0.2, 0) is 9.59 Å². The Hall–Kier alpha value is -2.69. The van der Waals surface area contributed by atoms with Crippen LogP contribution in [0.2, 0.25) is 0 Å². The van der Waals surface area contributed by atoms with Crippen molar-refractivity contribution < 1.29 is 14.3 Å². The molecule has 2 rings (SSSR count). The number of anilines is 1. The number of fused-ring (bicyclic) bond motifs is 1. The Kier molecular flexibility index (Phi) is 5.81. The third-order valence-electron chi connectivity index (χ3n) is 3.11. The Morgan fingerprint density at radius 3 is 2.73 bits per heavy atom. The van der Waals surface area contributed by atoms with E-state index in [-0.39, 0.29) is 13.1 Å². The van der Waals surface area contributed by atoms with Gasteiger partial charge in [-0.15, -0.1) is 0 Å². The summed E-state index contributed by atoms with van der Waals surface area (Å²) in [7, 11) is 1.62. The van der Waals surface area contributed by atoms with Crippen LogP contribution < -0.4 is 9.64 Å². The lowest BCUT2D eigenvalue weighted by Gasteiger charge is -2.31. The van der Waals surface area contributed by atoms with Gasteiger partial charge in [0.05, 0.1) is 5.69 Å². The lowest BCUT2D eigenvalue weighted by Crippen LogP contribution is -2.48. The Morgan fingerprint density at radius 1 is 1.41 bits per heavy atom. The smallest absolute Gasteiger partial charge is 0.276 e. The van der Waals surface area contributed by atoms with Crippen LogP contribution >= 0.6 is 0 Å². The van der Waals surface area contributed by atoms with E-state index >= 15 is 0 Å². The fourth-order valence-corrected chi connectivity index (χ4v) is 2.02. The topological polar surface area (TPSA) is 59.0 Å². The van der Waals surface area contributed by atoms with E-state index in [0.717, 1.165) is 0 Å². The number of benzene rings is 1. The van der Waals surface area contributed by atoms with Crippen LogP contribution in [0, 0.1) is 0 Å². The molecule has 5 heteroatoms. The summed E-state index contributed by atoms with van der Waals surface area (Å²) in [4.78, 5) is 30.1. The van der Waals surface area contributed by atoms with E-state index < -0.39 is 17.8 Å². The molecule has 0 bridgehead atoms. The number of aliphatic imine (C=N–C) groups is 1. The molecule has 1 unspecified atom stereocenters. The Bertz CT molecular complexity index is 647. The molecule has 1 amide bonds. The predicted octanol–water partition coefficient (Wildman–Crippen LogP) is 2.78. The molecular formula is C17H20N2O3. The number of rotatable bonds is 4. The zero-order chi connectivity index (χ0) is 15.4.